The number of nitrogens with one attached hydrogen (secondary N) is 3. The van der Waals surface area contributed by atoms with Crippen LogP contribution in [0, 0.1) is 5.41 Å². The van der Waals surface area contributed by atoms with Gasteiger partial charge in [-0.15, -0.1) is 0 Å². The molecule has 28 heavy (non-hydrogen) atoms. The summed E-state index contributed by atoms with van der Waals surface area (Å²) in [5.41, 5.74) is 7.01. The number of nitrogen functional groups attached to an aromatic ring is 1. The second-order valence-electron chi connectivity index (χ2n) is 6.04. The molecule has 9 heteroatoms. The van der Waals surface area contributed by atoms with E-state index in [1.807, 2.05) is 0 Å². The highest BCUT2D eigenvalue weighted by molar-refractivity contribution is 5.96. The second-order valence-corrected chi connectivity index (χ2v) is 6.04. The molecule has 0 aliphatic heterocycles. The van der Waals surface area contributed by atoms with E-state index in [1.165, 1.54) is 6.20 Å². The molecule has 6 N–H and O–H groups in total. The van der Waals surface area contributed by atoms with Gasteiger partial charge in [0.1, 0.15) is 5.84 Å². The predicted molar refractivity (Wildman–Crippen MR) is 103 cm³/mol. The third-order valence-corrected chi connectivity index (χ3v) is 3.86. The molecular formula is C19H21N5O4. The molecule has 9 nitrogen and oxygen atoms in total. The molecule has 0 bridgehead atoms. The van der Waals surface area contributed by atoms with E-state index in [2.05, 4.69) is 15.6 Å². The molecule has 2 rings (SSSR count). The molecule has 1 aromatic heterocycles. The van der Waals surface area contributed by atoms with Crippen LogP contribution in [0.5, 0.6) is 0 Å². The Hall–Kier alpha value is -3.75. The number of carboxylic acids is 1. The van der Waals surface area contributed by atoms with E-state index >= 15 is 0 Å². The number of carbonyl (C=O) groups is 3. The van der Waals surface area contributed by atoms with Gasteiger partial charge in [-0.1, -0.05) is 6.07 Å². The molecule has 146 valence electrons. The van der Waals surface area contributed by atoms with Crippen molar-refractivity contribution >= 4 is 29.3 Å². The van der Waals surface area contributed by atoms with Crippen LogP contribution in [0.15, 0.2) is 48.8 Å². The first-order valence-corrected chi connectivity index (χ1v) is 8.50. The first-order chi connectivity index (χ1) is 13.3. The lowest BCUT2D eigenvalue weighted by Crippen LogP contribution is -2.30. The molecule has 0 aliphatic carbocycles. The number of hydrogen-bond donors (Lipinski definition) is 5. The number of anilines is 1. The third kappa shape index (κ3) is 6.52. The highest BCUT2D eigenvalue weighted by atomic mass is 16.4. The third-order valence-electron chi connectivity index (χ3n) is 3.86. The minimum absolute atomic E-state index is 0.0624. The molecule has 0 aliphatic rings. The number of carboxylic acid groups (broad SMARTS) is 1. The van der Waals surface area contributed by atoms with Crippen molar-refractivity contribution in [3.05, 3.63) is 59.9 Å². The second kappa shape index (κ2) is 9.81. The molecule has 0 radical (unpaired) electrons. The number of carbonyl (C=O) groups excluding carboxylic acids is 2. The van der Waals surface area contributed by atoms with Crippen molar-refractivity contribution in [2.45, 2.75) is 25.3 Å². The van der Waals surface area contributed by atoms with E-state index in [0.717, 1.165) is 0 Å². The van der Waals surface area contributed by atoms with Crippen molar-refractivity contribution < 1.29 is 19.5 Å². The average molecular weight is 383 g/mol. The number of benzene rings is 1. The topological polar surface area (TPSA) is 158 Å². The quantitative estimate of drug-likeness (QED) is 0.325. The molecule has 2 amide bonds. The Bertz CT molecular complexity index is 852. The molecule has 1 aromatic carbocycles. The Labute approximate surface area is 161 Å². The molecule has 0 fully saturated rings. The SMILES string of the molecule is N=C(N)c1ccc(NC(=O)CCC(=O)N[C@H](CC(=O)O)c2cccnc2)cc1. The van der Waals surface area contributed by atoms with Gasteiger partial charge in [0.2, 0.25) is 11.8 Å². The van der Waals surface area contributed by atoms with Gasteiger partial charge >= 0.3 is 5.97 Å². The number of nitrogens with two attached hydrogens (primary N) is 1. The lowest BCUT2D eigenvalue weighted by Gasteiger charge is -2.17. The van der Waals surface area contributed by atoms with Crippen LogP contribution in [-0.4, -0.2) is 33.7 Å². The van der Waals surface area contributed by atoms with Gasteiger partial charge in [-0.05, 0) is 35.9 Å². The number of pyridine rings is 1. The van der Waals surface area contributed by atoms with Crippen molar-refractivity contribution in [3.63, 3.8) is 0 Å². The standard InChI is InChI=1S/C19H21N5O4/c20-19(21)12-3-5-14(6-4-12)23-16(25)7-8-17(26)24-15(10-18(27)28)13-2-1-9-22-11-13/h1-6,9,11,15H,7-8,10H2,(H3,20,21)(H,23,25)(H,24,26)(H,27,28)/t15-/m1/s1. The van der Waals surface area contributed by atoms with Gasteiger partial charge in [0, 0.05) is 36.5 Å². The molecule has 1 heterocycles. The maximum absolute atomic E-state index is 12.1. The zero-order chi connectivity index (χ0) is 20.5. The maximum atomic E-state index is 12.1. The molecule has 1 atom stereocenters. The van der Waals surface area contributed by atoms with E-state index in [9.17, 15) is 14.4 Å². The van der Waals surface area contributed by atoms with Crippen LogP contribution in [0.2, 0.25) is 0 Å². The van der Waals surface area contributed by atoms with Crippen molar-refractivity contribution in [3.8, 4) is 0 Å². The molecule has 0 saturated carbocycles. The summed E-state index contributed by atoms with van der Waals surface area (Å²) in [6, 6.07) is 9.05. The van der Waals surface area contributed by atoms with Crippen LogP contribution < -0.4 is 16.4 Å². The predicted octanol–water partition coefficient (Wildman–Crippen LogP) is 1.42. The van der Waals surface area contributed by atoms with E-state index in [-0.39, 0.29) is 31.0 Å². The summed E-state index contributed by atoms with van der Waals surface area (Å²) in [6.07, 6.45) is 2.61. The highest BCUT2D eigenvalue weighted by Crippen LogP contribution is 2.16. The number of hydrogen-bond acceptors (Lipinski definition) is 5. The number of rotatable bonds is 9. The number of aromatic nitrogens is 1. The van der Waals surface area contributed by atoms with Crippen molar-refractivity contribution in [2.75, 3.05) is 5.32 Å². The average Bonchev–Trinajstić information content (AvgIpc) is 2.66. The van der Waals surface area contributed by atoms with Crippen LogP contribution in [0.1, 0.15) is 36.4 Å². The van der Waals surface area contributed by atoms with Crippen LogP contribution in [0.4, 0.5) is 5.69 Å². The minimum Gasteiger partial charge on any atom is -0.481 e. The van der Waals surface area contributed by atoms with Gasteiger partial charge in [0.05, 0.1) is 12.5 Å². The largest absolute Gasteiger partial charge is 0.481 e. The Balaban J connectivity index is 1.86. The number of amides is 2. The Kier molecular flexibility index (Phi) is 7.21. The number of nitrogens with zero attached hydrogens (tertiary/aromatic N) is 1. The van der Waals surface area contributed by atoms with E-state index < -0.39 is 17.9 Å². The Morgan fingerprint density at radius 3 is 2.36 bits per heavy atom. The van der Waals surface area contributed by atoms with Crippen LogP contribution in [0.3, 0.4) is 0 Å². The summed E-state index contributed by atoms with van der Waals surface area (Å²) < 4.78 is 0. The highest BCUT2D eigenvalue weighted by Gasteiger charge is 2.18. The van der Waals surface area contributed by atoms with Gasteiger partial charge in [0.15, 0.2) is 0 Å². The lowest BCUT2D eigenvalue weighted by molar-refractivity contribution is -0.138. The van der Waals surface area contributed by atoms with E-state index in [4.69, 9.17) is 16.2 Å². The normalized spacial score (nSPS) is 11.3. The van der Waals surface area contributed by atoms with Crippen LogP contribution >= 0.6 is 0 Å². The summed E-state index contributed by atoms with van der Waals surface area (Å²) in [6.45, 7) is 0. The molecule has 0 unspecified atom stereocenters. The zero-order valence-corrected chi connectivity index (χ0v) is 15.0. The van der Waals surface area contributed by atoms with Crippen molar-refractivity contribution in [2.24, 2.45) is 5.73 Å². The summed E-state index contributed by atoms with van der Waals surface area (Å²) in [4.78, 5) is 39.1. The number of aliphatic carboxylic acids is 1. The first kappa shape index (κ1) is 20.6. The van der Waals surface area contributed by atoms with Gasteiger partial charge in [-0.3, -0.25) is 24.8 Å². The van der Waals surface area contributed by atoms with Gasteiger partial charge in [-0.25, -0.2) is 0 Å². The maximum Gasteiger partial charge on any atom is 0.305 e. The molecular weight excluding hydrogens is 362 g/mol. The first-order valence-electron chi connectivity index (χ1n) is 8.50. The fourth-order valence-electron chi connectivity index (χ4n) is 2.46. The van der Waals surface area contributed by atoms with Gasteiger partial charge in [0.25, 0.3) is 0 Å². The minimum atomic E-state index is -1.05. The number of amidine groups is 1. The zero-order valence-electron chi connectivity index (χ0n) is 15.0. The smallest absolute Gasteiger partial charge is 0.305 e. The molecule has 0 saturated heterocycles. The summed E-state index contributed by atoms with van der Waals surface area (Å²) in [5, 5.41) is 21.6. The van der Waals surface area contributed by atoms with Crippen LogP contribution in [-0.2, 0) is 14.4 Å². The van der Waals surface area contributed by atoms with Crippen molar-refractivity contribution in [1.82, 2.24) is 10.3 Å². The summed E-state index contributed by atoms with van der Waals surface area (Å²) in [5.74, 6) is -1.92. The Morgan fingerprint density at radius 1 is 1.11 bits per heavy atom. The summed E-state index contributed by atoms with van der Waals surface area (Å²) in [7, 11) is 0. The molecule has 0 spiro atoms. The monoisotopic (exact) mass is 383 g/mol. The summed E-state index contributed by atoms with van der Waals surface area (Å²) >= 11 is 0. The van der Waals surface area contributed by atoms with E-state index in [1.54, 1.807) is 42.6 Å². The lowest BCUT2D eigenvalue weighted by atomic mass is 10.1. The fourth-order valence-corrected chi connectivity index (χ4v) is 2.46. The van der Waals surface area contributed by atoms with Gasteiger partial charge in [-0.2, -0.15) is 0 Å². The van der Waals surface area contributed by atoms with Gasteiger partial charge < -0.3 is 21.5 Å². The fraction of sp³-hybridized carbons (Fsp3) is 0.211. The Morgan fingerprint density at radius 2 is 1.79 bits per heavy atom. The van der Waals surface area contributed by atoms with E-state index in [0.29, 0.717) is 16.8 Å². The van der Waals surface area contributed by atoms with Crippen LogP contribution in [0.25, 0.3) is 0 Å². The molecule has 2 aromatic rings. The van der Waals surface area contributed by atoms with Crippen molar-refractivity contribution in [1.29, 1.82) is 5.41 Å².